The van der Waals surface area contributed by atoms with E-state index in [-0.39, 0.29) is 24.6 Å². The van der Waals surface area contributed by atoms with Crippen LogP contribution in [0.5, 0.6) is 0 Å². The quantitative estimate of drug-likeness (QED) is 0.317. The minimum absolute atomic E-state index is 0. The molecule has 0 aliphatic rings. The molecule has 0 heterocycles. The largest absolute Gasteiger partial charge is 1.00 e. The van der Waals surface area contributed by atoms with Crippen molar-refractivity contribution in [2.24, 2.45) is 0 Å². The van der Waals surface area contributed by atoms with Gasteiger partial charge in [0.05, 0.1) is 19.6 Å². The van der Waals surface area contributed by atoms with Gasteiger partial charge < -0.3 is 17.1 Å². The van der Waals surface area contributed by atoms with Crippen LogP contribution in [-0.4, -0.2) is 36.3 Å². The Bertz CT molecular complexity index is 433. The summed E-state index contributed by atoms with van der Waals surface area (Å²) in [4.78, 5) is 11.9. The van der Waals surface area contributed by atoms with Crippen molar-refractivity contribution in [1.29, 1.82) is 0 Å². The number of benzene rings is 1. The summed E-state index contributed by atoms with van der Waals surface area (Å²) in [6.45, 7) is 11.3. The van der Waals surface area contributed by atoms with E-state index in [2.05, 4.69) is 20.8 Å². The number of ether oxygens (including phenoxy) is 1. The lowest BCUT2D eigenvalue weighted by molar-refractivity contribution is -0.962. The number of hydrogen-bond donors (Lipinski definition) is 0. The molecule has 1 atom stereocenters. The lowest BCUT2D eigenvalue weighted by atomic mass is 10.2. The summed E-state index contributed by atoms with van der Waals surface area (Å²) in [5.41, 5.74) is 0.999. The maximum atomic E-state index is 11.9. The van der Waals surface area contributed by atoms with E-state index >= 15 is 0 Å². The summed E-state index contributed by atoms with van der Waals surface area (Å²) < 4.78 is 6.35. The molecule has 0 spiro atoms. The molecule has 1 aromatic rings. The lowest BCUT2D eigenvalue weighted by Crippen LogP contribution is -3.00. The average molecular weight is 312 g/mol. The van der Waals surface area contributed by atoms with Crippen LogP contribution < -0.4 is 12.4 Å². The Labute approximate surface area is 134 Å². The predicted octanol–water partition coefficient (Wildman–Crippen LogP) is 0.470. The molecule has 0 aliphatic carbocycles. The van der Waals surface area contributed by atoms with Crippen molar-refractivity contribution in [2.45, 2.75) is 33.9 Å². The number of hydrogen-bond acceptors (Lipinski definition) is 2. The highest BCUT2D eigenvalue weighted by Gasteiger charge is 2.30. The van der Waals surface area contributed by atoms with Gasteiger partial charge in [-0.25, -0.2) is 4.79 Å². The van der Waals surface area contributed by atoms with E-state index < -0.39 is 0 Å². The van der Waals surface area contributed by atoms with Crippen LogP contribution in [0.1, 0.15) is 33.3 Å². The summed E-state index contributed by atoms with van der Waals surface area (Å²) in [5, 5.41) is 0. The summed E-state index contributed by atoms with van der Waals surface area (Å²) in [5.74, 6) is -0.279. The van der Waals surface area contributed by atoms with Gasteiger partial charge in [0.2, 0.25) is 6.23 Å². The van der Waals surface area contributed by atoms with Crippen molar-refractivity contribution in [3.05, 3.63) is 42.0 Å². The summed E-state index contributed by atoms with van der Waals surface area (Å²) in [6.07, 6.45) is 3.16. The van der Waals surface area contributed by atoms with Gasteiger partial charge in [-0.1, -0.05) is 30.3 Å². The molecule has 0 N–H and O–H groups in total. The van der Waals surface area contributed by atoms with Crippen molar-refractivity contribution in [1.82, 2.24) is 0 Å². The first-order valence-corrected chi connectivity index (χ1v) is 7.37. The van der Waals surface area contributed by atoms with Crippen LogP contribution in [0.3, 0.4) is 0 Å². The predicted molar refractivity (Wildman–Crippen MR) is 82.9 cm³/mol. The van der Waals surface area contributed by atoms with Crippen LogP contribution in [0.25, 0.3) is 6.08 Å². The van der Waals surface area contributed by atoms with Gasteiger partial charge in [-0.2, -0.15) is 0 Å². The van der Waals surface area contributed by atoms with E-state index in [9.17, 15) is 4.79 Å². The van der Waals surface area contributed by atoms with Crippen molar-refractivity contribution in [2.75, 3.05) is 19.6 Å². The second-order valence-corrected chi connectivity index (χ2v) is 4.95. The summed E-state index contributed by atoms with van der Waals surface area (Å²) in [7, 11) is 0. The summed E-state index contributed by atoms with van der Waals surface area (Å²) >= 11 is 0. The minimum Gasteiger partial charge on any atom is -1.00 e. The topological polar surface area (TPSA) is 26.3 Å². The Morgan fingerprint density at radius 1 is 1.14 bits per heavy atom. The number of halogens is 1. The first-order chi connectivity index (χ1) is 9.57. The highest BCUT2D eigenvalue weighted by molar-refractivity contribution is 5.87. The molecule has 21 heavy (non-hydrogen) atoms. The fourth-order valence-electron chi connectivity index (χ4n) is 2.49. The molecule has 4 heteroatoms. The summed E-state index contributed by atoms with van der Waals surface area (Å²) in [6, 6.07) is 9.75. The van der Waals surface area contributed by atoms with E-state index in [4.69, 9.17) is 4.74 Å². The minimum atomic E-state index is -0.279. The van der Waals surface area contributed by atoms with Gasteiger partial charge in [0.1, 0.15) is 0 Å². The van der Waals surface area contributed by atoms with Gasteiger partial charge >= 0.3 is 5.97 Å². The molecule has 118 valence electrons. The molecule has 1 aromatic carbocycles. The van der Waals surface area contributed by atoms with Crippen LogP contribution in [0.2, 0.25) is 0 Å². The van der Waals surface area contributed by atoms with Gasteiger partial charge in [-0.05, 0) is 32.4 Å². The number of nitrogens with zero attached hydrogens (tertiary/aromatic N) is 1. The molecular formula is C17H26ClNO2. The zero-order valence-electron chi connectivity index (χ0n) is 13.4. The molecule has 0 bridgehead atoms. The third kappa shape index (κ3) is 5.52. The molecule has 1 rings (SSSR count). The maximum Gasteiger partial charge on any atom is 0.335 e. The van der Waals surface area contributed by atoms with Gasteiger partial charge in [-0.3, -0.25) is 4.48 Å². The van der Waals surface area contributed by atoms with Crippen LogP contribution >= 0.6 is 0 Å². The van der Waals surface area contributed by atoms with Crippen LogP contribution in [0.4, 0.5) is 0 Å². The molecule has 1 unspecified atom stereocenters. The molecule has 0 fully saturated rings. The van der Waals surface area contributed by atoms with Crippen molar-refractivity contribution < 1.29 is 26.4 Å². The first kappa shape index (κ1) is 19.7. The second kappa shape index (κ2) is 9.59. The van der Waals surface area contributed by atoms with E-state index in [0.29, 0.717) is 0 Å². The van der Waals surface area contributed by atoms with Crippen LogP contribution in [-0.2, 0) is 9.53 Å². The Balaban J connectivity index is 0.00000400. The van der Waals surface area contributed by atoms with Crippen LogP contribution in [0, 0.1) is 0 Å². The van der Waals surface area contributed by atoms with Gasteiger partial charge in [0.25, 0.3) is 0 Å². The van der Waals surface area contributed by atoms with E-state index in [1.54, 1.807) is 6.08 Å². The van der Waals surface area contributed by atoms with Gasteiger partial charge in [0, 0.05) is 13.0 Å². The third-order valence-electron chi connectivity index (χ3n) is 4.16. The first-order valence-electron chi connectivity index (χ1n) is 7.37. The fraction of sp³-hybridized carbons (Fsp3) is 0.471. The molecule has 0 radical (unpaired) electrons. The van der Waals surface area contributed by atoms with Gasteiger partial charge in [0.15, 0.2) is 0 Å². The zero-order valence-corrected chi connectivity index (χ0v) is 14.1. The molecule has 0 amide bonds. The Morgan fingerprint density at radius 3 is 2.14 bits per heavy atom. The van der Waals surface area contributed by atoms with Gasteiger partial charge in [-0.15, -0.1) is 0 Å². The van der Waals surface area contributed by atoms with E-state index in [1.807, 2.05) is 37.3 Å². The van der Waals surface area contributed by atoms with E-state index in [1.165, 1.54) is 6.08 Å². The SMILES string of the molecule is CC[N+](CC)(CC)C(C)OC(=O)C=Cc1ccccc1.[Cl-]. The Morgan fingerprint density at radius 2 is 1.67 bits per heavy atom. The third-order valence-corrected chi connectivity index (χ3v) is 4.16. The smallest absolute Gasteiger partial charge is 0.335 e. The lowest BCUT2D eigenvalue weighted by Gasteiger charge is -2.39. The van der Waals surface area contributed by atoms with Crippen molar-refractivity contribution in [3.63, 3.8) is 0 Å². The molecule has 0 saturated carbocycles. The molecule has 0 saturated heterocycles. The normalized spacial score (nSPS) is 12.8. The monoisotopic (exact) mass is 311 g/mol. The molecule has 0 aromatic heterocycles. The number of rotatable bonds is 7. The highest BCUT2D eigenvalue weighted by Crippen LogP contribution is 2.14. The number of carbonyl (C=O) groups is 1. The van der Waals surface area contributed by atoms with Crippen molar-refractivity contribution >= 4 is 12.0 Å². The standard InChI is InChI=1S/C17H26NO2.ClH/c1-5-18(6-2,7-3)15(4)20-17(19)14-13-16-11-9-8-10-12-16;/h8-15H,5-7H2,1-4H3;1H/q+1;/p-1. The number of carbonyl (C=O) groups excluding carboxylic acids is 1. The fourth-order valence-corrected chi connectivity index (χ4v) is 2.49. The molecular weight excluding hydrogens is 286 g/mol. The van der Waals surface area contributed by atoms with Crippen molar-refractivity contribution in [3.8, 4) is 0 Å². The zero-order chi connectivity index (χ0) is 15.0. The highest BCUT2D eigenvalue weighted by atomic mass is 35.5. The maximum absolute atomic E-state index is 11.9. The molecule has 0 aliphatic heterocycles. The van der Waals surface area contributed by atoms with Crippen LogP contribution in [0.15, 0.2) is 36.4 Å². The second-order valence-electron chi connectivity index (χ2n) is 4.95. The Kier molecular flexibility index (Phi) is 8.98. The number of quaternary nitrogens is 1. The van der Waals surface area contributed by atoms with E-state index in [0.717, 1.165) is 29.7 Å². The average Bonchev–Trinajstić information content (AvgIpc) is 2.48. The Hall–Kier alpha value is -1.32. The molecule has 3 nitrogen and oxygen atoms in total. The number of esters is 1.